The zero-order valence-electron chi connectivity index (χ0n) is 28.9. The Morgan fingerprint density at radius 3 is 2.48 bits per heavy atom. The number of aryl methyl sites for hydroxylation is 2. The zero-order valence-corrected chi connectivity index (χ0v) is 30.5. The Bertz CT molecular complexity index is 1560. The maximum Gasteiger partial charge on any atom is 0.313 e. The van der Waals surface area contributed by atoms with Crippen LogP contribution in [0.5, 0.6) is 0 Å². The largest absolute Gasteiger partial charge is 0.455 e. The van der Waals surface area contributed by atoms with E-state index in [4.69, 9.17) is 9.47 Å². The molecule has 2 bridgehead atoms. The number of benzene rings is 2. The first-order valence-electron chi connectivity index (χ1n) is 17.4. The molecule has 2 aromatic rings. The van der Waals surface area contributed by atoms with Crippen molar-refractivity contribution in [3.05, 3.63) is 90.5 Å². The number of para-hydroxylation sites is 1. The number of carbonyl (C=O) groups is 4. The number of carbonyl (C=O) groups excluding carboxylic acids is 4. The molecule has 268 valence electrons. The number of aliphatic hydroxyl groups is 1. The lowest BCUT2D eigenvalue weighted by Gasteiger charge is -2.38. The second kappa shape index (κ2) is 16.5. The summed E-state index contributed by atoms with van der Waals surface area (Å²) in [6.07, 6.45) is 4.77. The molecule has 50 heavy (non-hydrogen) atoms. The highest BCUT2D eigenvalue weighted by atomic mass is 79.9. The van der Waals surface area contributed by atoms with Crippen LogP contribution in [0.3, 0.4) is 0 Å². The molecule has 3 heterocycles. The lowest BCUT2D eigenvalue weighted by molar-refractivity contribution is -0.160. The highest BCUT2D eigenvalue weighted by molar-refractivity contribution is 9.09. The average molecular weight is 751 g/mol. The van der Waals surface area contributed by atoms with E-state index in [1.807, 2.05) is 62.4 Å². The summed E-state index contributed by atoms with van der Waals surface area (Å²) in [5.74, 6) is -3.33. The summed E-state index contributed by atoms with van der Waals surface area (Å²) in [5.41, 5.74) is 2.00. The smallest absolute Gasteiger partial charge is 0.313 e. The molecule has 10 nitrogen and oxygen atoms in total. The van der Waals surface area contributed by atoms with Gasteiger partial charge in [0.15, 0.2) is 0 Å². The fourth-order valence-corrected chi connectivity index (χ4v) is 8.87. The number of ether oxygens (including phenoxy) is 2. The second-order valence-electron chi connectivity index (χ2n) is 13.4. The Hall–Kier alpha value is -3.80. The quantitative estimate of drug-likeness (QED) is 0.0999. The highest BCUT2D eigenvalue weighted by Crippen LogP contribution is 2.60. The van der Waals surface area contributed by atoms with Crippen molar-refractivity contribution in [2.75, 3.05) is 31.1 Å². The van der Waals surface area contributed by atoms with Crippen LogP contribution in [-0.4, -0.2) is 82.5 Å². The van der Waals surface area contributed by atoms with Crippen LogP contribution in [0.15, 0.2) is 73.8 Å². The van der Waals surface area contributed by atoms with Crippen LogP contribution in [0, 0.1) is 25.7 Å². The number of hydrogen-bond donors (Lipinski definition) is 2. The molecule has 1 spiro atoms. The minimum Gasteiger partial charge on any atom is -0.455 e. The Kier molecular flexibility index (Phi) is 12.3. The highest BCUT2D eigenvalue weighted by Gasteiger charge is 2.77. The average Bonchev–Trinajstić information content (AvgIpc) is 3.70. The fraction of sp³-hybridized carbons (Fsp3) is 0.487. The normalized spacial score (nSPS) is 25.6. The third kappa shape index (κ3) is 7.31. The van der Waals surface area contributed by atoms with E-state index >= 15 is 0 Å². The molecule has 0 aliphatic carbocycles. The number of rotatable bonds is 17. The van der Waals surface area contributed by atoms with E-state index in [-0.39, 0.29) is 55.2 Å². The Morgan fingerprint density at radius 2 is 1.82 bits per heavy atom. The summed E-state index contributed by atoms with van der Waals surface area (Å²) < 4.78 is 12.9. The predicted octanol–water partition coefficient (Wildman–Crippen LogP) is 5.10. The number of esters is 1. The molecule has 11 heteroatoms. The molecule has 0 saturated carbocycles. The third-order valence-electron chi connectivity index (χ3n) is 10.1. The number of anilines is 1. The van der Waals surface area contributed by atoms with Gasteiger partial charge >= 0.3 is 5.97 Å². The molecule has 3 amide bonds. The monoisotopic (exact) mass is 749 g/mol. The van der Waals surface area contributed by atoms with Crippen LogP contribution in [0.4, 0.5) is 5.69 Å². The van der Waals surface area contributed by atoms with Gasteiger partial charge in [-0.2, -0.15) is 0 Å². The van der Waals surface area contributed by atoms with E-state index in [1.165, 1.54) is 0 Å². The molecule has 5 rings (SSSR count). The number of alkyl halides is 1. The van der Waals surface area contributed by atoms with Gasteiger partial charge in [-0.15, -0.1) is 13.2 Å². The number of fused-ring (bicyclic) bond motifs is 1. The number of allylic oxidation sites excluding steroid dienone is 1. The molecule has 3 fully saturated rings. The van der Waals surface area contributed by atoms with Gasteiger partial charge in [0.2, 0.25) is 11.8 Å². The van der Waals surface area contributed by atoms with E-state index in [2.05, 4.69) is 34.4 Å². The van der Waals surface area contributed by atoms with Gasteiger partial charge < -0.3 is 29.7 Å². The molecular weight excluding hydrogens is 702 g/mol. The molecular formula is C39H48BrN3O7. The summed E-state index contributed by atoms with van der Waals surface area (Å²) in [6.45, 7) is 12.1. The van der Waals surface area contributed by atoms with Crippen LogP contribution >= 0.6 is 15.9 Å². The minimum absolute atomic E-state index is 0.0316. The fourth-order valence-electron chi connectivity index (χ4n) is 7.93. The molecule has 3 aliphatic rings. The molecule has 0 radical (unpaired) electrons. The number of likely N-dealkylation sites (tertiary alicyclic amines) is 1. The van der Waals surface area contributed by atoms with Crippen molar-refractivity contribution in [1.82, 2.24) is 10.2 Å². The van der Waals surface area contributed by atoms with E-state index in [1.54, 1.807) is 22.0 Å². The van der Waals surface area contributed by atoms with E-state index in [0.29, 0.717) is 37.7 Å². The Morgan fingerprint density at radius 1 is 1.10 bits per heavy atom. The van der Waals surface area contributed by atoms with Crippen molar-refractivity contribution in [3.63, 3.8) is 0 Å². The first kappa shape index (κ1) is 37.5. The molecule has 3 aliphatic heterocycles. The van der Waals surface area contributed by atoms with Gasteiger partial charge in [-0.3, -0.25) is 19.2 Å². The summed E-state index contributed by atoms with van der Waals surface area (Å²) in [4.78, 5) is 59.4. The van der Waals surface area contributed by atoms with Gasteiger partial charge in [0, 0.05) is 36.6 Å². The topological polar surface area (TPSA) is 125 Å². The minimum atomic E-state index is -1.27. The lowest BCUT2D eigenvalue weighted by Crippen LogP contribution is -2.57. The third-order valence-corrected chi connectivity index (χ3v) is 11.0. The second-order valence-corrected chi connectivity index (χ2v) is 14.6. The van der Waals surface area contributed by atoms with Gasteiger partial charge in [-0.1, -0.05) is 76.6 Å². The van der Waals surface area contributed by atoms with Crippen LogP contribution in [0.1, 0.15) is 61.3 Å². The molecule has 7 atom stereocenters. The Labute approximate surface area is 303 Å². The van der Waals surface area contributed by atoms with Gasteiger partial charge in [0.25, 0.3) is 5.91 Å². The van der Waals surface area contributed by atoms with E-state index in [0.717, 1.165) is 16.8 Å². The first-order chi connectivity index (χ1) is 24.1. The van der Waals surface area contributed by atoms with Crippen molar-refractivity contribution >= 4 is 45.3 Å². The van der Waals surface area contributed by atoms with Gasteiger partial charge in [0.1, 0.15) is 17.7 Å². The molecule has 3 saturated heterocycles. The molecule has 2 aromatic carbocycles. The summed E-state index contributed by atoms with van der Waals surface area (Å²) >= 11 is 3.75. The summed E-state index contributed by atoms with van der Waals surface area (Å²) in [5, 5.41) is 12.3. The lowest BCUT2D eigenvalue weighted by atomic mass is 9.70. The van der Waals surface area contributed by atoms with Gasteiger partial charge in [-0.25, -0.2) is 0 Å². The number of nitrogens with one attached hydrogen (secondary N) is 1. The number of aliphatic hydroxyl groups excluding tert-OH is 1. The molecule has 1 unspecified atom stereocenters. The van der Waals surface area contributed by atoms with Crippen molar-refractivity contribution in [2.45, 2.75) is 81.1 Å². The summed E-state index contributed by atoms with van der Waals surface area (Å²) in [6, 6.07) is 14.0. The number of hydrogen-bond acceptors (Lipinski definition) is 7. The zero-order chi connectivity index (χ0) is 36.0. The number of halogens is 1. The maximum absolute atomic E-state index is 15.0. The number of unbranched alkanes of at least 4 members (excludes halogenated alkanes) is 2. The van der Waals surface area contributed by atoms with Gasteiger partial charge in [0.05, 0.1) is 24.5 Å². The van der Waals surface area contributed by atoms with Crippen LogP contribution in [0.25, 0.3) is 0 Å². The molecule has 2 N–H and O–H groups in total. The number of amides is 3. The standard InChI is InChI=1S/C39H48BrN3O7/c1-5-7-19-30(45)41-24-29(27-17-10-8-11-18-27)49-38(48)31-32-36(46)43(21-12-9-13-22-44)35(39(32)23-28(40)34(31)50-39)37(47)42(20-6-2)33-25(3)15-14-16-26(33)4/h5-6,8,10-11,14-18,28-29,31-32,34-35,44H,1-2,7,9,12-13,19-24H2,3-4H3,(H,41,45)/t28?,29-,31+,32-,34+,35+,39-/m0/s1. The van der Waals surface area contributed by atoms with Crippen LogP contribution in [-0.2, 0) is 28.7 Å². The van der Waals surface area contributed by atoms with Gasteiger partial charge in [-0.05, 0) is 62.6 Å². The van der Waals surface area contributed by atoms with Crippen LogP contribution in [0.2, 0.25) is 0 Å². The van der Waals surface area contributed by atoms with Crippen molar-refractivity contribution in [2.24, 2.45) is 11.8 Å². The van der Waals surface area contributed by atoms with E-state index in [9.17, 15) is 24.3 Å². The van der Waals surface area contributed by atoms with E-state index < -0.39 is 41.7 Å². The molecule has 0 aromatic heterocycles. The Balaban J connectivity index is 1.50. The summed E-state index contributed by atoms with van der Waals surface area (Å²) in [7, 11) is 0. The number of nitrogens with zero attached hydrogens (tertiary/aromatic N) is 2. The van der Waals surface area contributed by atoms with Crippen molar-refractivity contribution in [1.29, 1.82) is 0 Å². The first-order valence-corrected chi connectivity index (χ1v) is 18.4. The SMILES string of the molecule is C=CCCC(=O)NC[C@H](OC(=O)[C@H]1[C@@H]2O[C@@]3(CC2Br)[C@@H]1C(=O)N(CCCCCO)[C@@H]3C(=O)N(CC=C)c1c(C)cccc1C)c1ccccc1. The maximum atomic E-state index is 15.0. The van der Waals surface area contributed by atoms with Crippen LogP contribution < -0.4 is 10.2 Å². The predicted molar refractivity (Wildman–Crippen MR) is 195 cm³/mol. The van der Waals surface area contributed by atoms with Crippen molar-refractivity contribution < 1.29 is 33.8 Å². The van der Waals surface area contributed by atoms with Crippen molar-refractivity contribution in [3.8, 4) is 0 Å².